The molecule has 20 heavy (non-hydrogen) atoms. The maximum atomic E-state index is 12.4. The highest BCUT2D eigenvalue weighted by atomic mass is 79.9. The normalized spacial score (nSPS) is 17.7. The Kier molecular flexibility index (Phi) is 5.46. The van der Waals surface area contributed by atoms with Crippen LogP contribution in [0.4, 0.5) is 5.69 Å². The maximum Gasteiger partial charge on any atom is 0.253 e. The molecule has 1 unspecified atom stereocenters. The van der Waals surface area contributed by atoms with Crippen molar-refractivity contribution >= 4 is 27.5 Å². The Morgan fingerprint density at radius 2 is 2.10 bits per heavy atom. The first kappa shape index (κ1) is 15.4. The molecule has 1 aliphatic carbocycles. The van der Waals surface area contributed by atoms with Gasteiger partial charge in [-0.15, -0.1) is 0 Å². The highest BCUT2D eigenvalue weighted by Gasteiger charge is 2.24. The maximum absolute atomic E-state index is 12.4. The monoisotopic (exact) mass is 338 g/mol. The van der Waals surface area contributed by atoms with Gasteiger partial charge in [-0.1, -0.05) is 42.1 Å². The number of rotatable bonds is 4. The van der Waals surface area contributed by atoms with Gasteiger partial charge in [0.05, 0.1) is 5.56 Å². The predicted molar refractivity (Wildman–Crippen MR) is 86.7 cm³/mol. The van der Waals surface area contributed by atoms with E-state index in [0.717, 1.165) is 10.9 Å². The Balaban J connectivity index is 2.06. The zero-order valence-corrected chi connectivity index (χ0v) is 13.6. The van der Waals surface area contributed by atoms with E-state index in [9.17, 15) is 4.79 Å². The number of carbonyl (C=O) groups is 1. The number of nitrogens with one attached hydrogen (secondary N) is 1. The molecule has 0 aliphatic heterocycles. The number of halogens is 1. The standard InChI is InChI=1S/C16H23BrN2O/c1-2-15(11-6-4-3-5-7-11)19-16(20)13-10-12(17)8-9-14(13)18/h8-11,15H,2-7,18H2,1H3,(H,19,20). The van der Waals surface area contributed by atoms with E-state index in [4.69, 9.17) is 5.73 Å². The summed E-state index contributed by atoms with van der Waals surface area (Å²) >= 11 is 3.39. The van der Waals surface area contributed by atoms with E-state index < -0.39 is 0 Å². The van der Waals surface area contributed by atoms with Crippen LogP contribution in [0.2, 0.25) is 0 Å². The van der Waals surface area contributed by atoms with Gasteiger partial charge in [-0.25, -0.2) is 0 Å². The van der Waals surface area contributed by atoms with E-state index in [0.29, 0.717) is 17.2 Å². The van der Waals surface area contributed by atoms with Crippen LogP contribution in [0.5, 0.6) is 0 Å². The minimum atomic E-state index is -0.0544. The third-order valence-electron chi connectivity index (χ3n) is 4.24. The summed E-state index contributed by atoms with van der Waals surface area (Å²) in [7, 11) is 0. The van der Waals surface area contributed by atoms with Crippen LogP contribution >= 0.6 is 15.9 Å². The van der Waals surface area contributed by atoms with Crippen molar-refractivity contribution in [2.75, 3.05) is 5.73 Å². The zero-order chi connectivity index (χ0) is 14.5. The van der Waals surface area contributed by atoms with Crippen LogP contribution in [0.15, 0.2) is 22.7 Å². The Labute approximate surface area is 129 Å². The van der Waals surface area contributed by atoms with Crippen LogP contribution in [0.1, 0.15) is 55.8 Å². The molecule has 2 rings (SSSR count). The number of anilines is 1. The highest BCUT2D eigenvalue weighted by Crippen LogP contribution is 2.28. The molecule has 4 heteroatoms. The lowest BCUT2D eigenvalue weighted by Crippen LogP contribution is -2.40. The lowest BCUT2D eigenvalue weighted by atomic mass is 9.83. The first-order chi connectivity index (χ1) is 9.61. The molecule has 1 aromatic carbocycles. The fraction of sp³-hybridized carbons (Fsp3) is 0.562. The van der Waals surface area contributed by atoms with Gasteiger partial charge in [-0.05, 0) is 43.4 Å². The Morgan fingerprint density at radius 1 is 1.40 bits per heavy atom. The van der Waals surface area contributed by atoms with Crippen LogP contribution in [-0.4, -0.2) is 11.9 Å². The summed E-state index contributed by atoms with van der Waals surface area (Å²) in [6.45, 7) is 2.14. The third-order valence-corrected chi connectivity index (χ3v) is 4.73. The summed E-state index contributed by atoms with van der Waals surface area (Å²) in [4.78, 5) is 12.4. The molecule has 1 atom stereocenters. The van der Waals surface area contributed by atoms with Crippen molar-refractivity contribution in [3.8, 4) is 0 Å². The molecule has 0 radical (unpaired) electrons. The molecule has 110 valence electrons. The molecule has 0 spiro atoms. The van der Waals surface area contributed by atoms with Crippen molar-refractivity contribution in [2.45, 2.75) is 51.5 Å². The van der Waals surface area contributed by atoms with Gasteiger partial charge >= 0.3 is 0 Å². The number of hydrogen-bond donors (Lipinski definition) is 2. The lowest BCUT2D eigenvalue weighted by Gasteiger charge is -2.30. The van der Waals surface area contributed by atoms with Gasteiger partial charge in [0, 0.05) is 16.2 Å². The summed E-state index contributed by atoms with van der Waals surface area (Å²) in [5.74, 6) is 0.562. The number of hydrogen-bond acceptors (Lipinski definition) is 2. The molecular formula is C16H23BrN2O. The summed E-state index contributed by atoms with van der Waals surface area (Å²) in [5, 5.41) is 3.18. The fourth-order valence-corrected chi connectivity index (χ4v) is 3.42. The Morgan fingerprint density at radius 3 is 2.75 bits per heavy atom. The minimum absolute atomic E-state index is 0.0544. The number of nitrogens with two attached hydrogens (primary N) is 1. The van der Waals surface area contributed by atoms with Crippen LogP contribution in [0.3, 0.4) is 0 Å². The van der Waals surface area contributed by atoms with Crippen LogP contribution < -0.4 is 11.1 Å². The molecule has 3 nitrogen and oxygen atoms in total. The highest BCUT2D eigenvalue weighted by molar-refractivity contribution is 9.10. The minimum Gasteiger partial charge on any atom is -0.398 e. The quantitative estimate of drug-likeness (QED) is 0.811. The first-order valence-corrected chi connectivity index (χ1v) is 8.27. The molecule has 1 amide bonds. The predicted octanol–water partition coefficient (Wildman–Crippen LogP) is 4.12. The van der Waals surface area contributed by atoms with Crippen molar-refractivity contribution in [3.63, 3.8) is 0 Å². The van der Waals surface area contributed by atoms with E-state index in [1.54, 1.807) is 12.1 Å². The fourth-order valence-electron chi connectivity index (χ4n) is 3.06. The number of amides is 1. The summed E-state index contributed by atoms with van der Waals surface area (Å²) in [6, 6.07) is 5.67. The second-order valence-corrected chi connectivity index (χ2v) is 6.53. The van der Waals surface area contributed by atoms with Gasteiger partial charge < -0.3 is 11.1 Å². The molecule has 0 saturated heterocycles. The largest absolute Gasteiger partial charge is 0.398 e. The Bertz CT molecular complexity index is 470. The molecule has 1 fully saturated rings. The second-order valence-electron chi connectivity index (χ2n) is 5.62. The van der Waals surface area contributed by atoms with Gasteiger partial charge in [-0.3, -0.25) is 4.79 Å². The summed E-state index contributed by atoms with van der Waals surface area (Å²) < 4.78 is 0.877. The smallest absolute Gasteiger partial charge is 0.253 e. The molecule has 1 aromatic rings. The van der Waals surface area contributed by atoms with E-state index in [1.165, 1.54) is 32.1 Å². The molecule has 1 saturated carbocycles. The topological polar surface area (TPSA) is 55.1 Å². The van der Waals surface area contributed by atoms with E-state index in [1.807, 2.05) is 6.07 Å². The van der Waals surface area contributed by atoms with Crippen LogP contribution in [-0.2, 0) is 0 Å². The average molecular weight is 339 g/mol. The molecule has 1 aliphatic rings. The average Bonchev–Trinajstić information content (AvgIpc) is 2.48. The van der Waals surface area contributed by atoms with Crippen LogP contribution in [0, 0.1) is 5.92 Å². The second kappa shape index (κ2) is 7.11. The van der Waals surface area contributed by atoms with E-state index in [2.05, 4.69) is 28.2 Å². The van der Waals surface area contributed by atoms with Gasteiger partial charge in [0.2, 0.25) is 0 Å². The lowest BCUT2D eigenvalue weighted by molar-refractivity contribution is 0.0912. The van der Waals surface area contributed by atoms with Crippen LogP contribution in [0.25, 0.3) is 0 Å². The van der Waals surface area contributed by atoms with Crippen molar-refractivity contribution in [1.82, 2.24) is 5.32 Å². The molecule has 3 N–H and O–H groups in total. The zero-order valence-electron chi connectivity index (χ0n) is 12.0. The van der Waals surface area contributed by atoms with Crippen molar-refractivity contribution < 1.29 is 4.79 Å². The molecule has 0 bridgehead atoms. The number of benzene rings is 1. The van der Waals surface area contributed by atoms with E-state index >= 15 is 0 Å². The van der Waals surface area contributed by atoms with Crippen molar-refractivity contribution in [3.05, 3.63) is 28.2 Å². The number of carbonyl (C=O) groups excluding carboxylic acids is 1. The van der Waals surface area contributed by atoms with Crippen molar-refractivity contribution in [2.24, 2.45) is 5.92 Å². The van der Waals surface area contributed by atoms with E-state index in [-0.39, 0.29) is 11.9 Å². The van der Waals surface area contributed by atoms with Gasteiger partial charge in [0.25, 0.3) is 5.91 Å². The van der Waals surface area contributed by atoms with Gasteiger partial charge in [-0.2, -0.15) is 0 Å². The summed E-state index contributed by atoms with van der Waals surface area (Å²) in [5.41, 5.74) is 7.00. The van der Waals surface area contributed by atoms with Gasteiger partial charge in [0.15, 0.2) is 0 Å². The molecule has 0 heterocycles. The molecule has 0 aromatic heterocycles. The first-order valence-electron chi connectivity index (χ1n) is 7.47. The van der Waals surface area contributed by atoms with Gasteiger partial charge in [0.1, 0.15) is 0 Å². The number of nitrogen functional groups attached to an aromatic ring is 1. The SMILES string of the molecule is CCC(NC(=O)c1cc(Br)ccc1N)C1CCCCC1. The Hall–Kier alpha value is -1.03. The third kappa shape index (κ3) is 3.75. The van der Waals surface area contributed by atoms with Crippen molar-refractivity contribution in [1.29, 1.82) is 0 Å². The summed E-state index contributed by atoms with van der Waals surface area (Å²) in [6.07, 6.45) is 7.34. The molecular weight excluding hydrogens is 316 g/mol.